The Hall–Kier alpha value is -1.40. The zero-order valence-corrected chi connectivity index (χ0v) is 12.0. The summed E-state index contributed by atoms with van der Waals surface area (Å²) < 4.78 is 5.22. The standard InChI is InChI=1S/C13H18N4OS/c1-3-19-9-10(2)15-8-12-16-13(17-18-12)11-5-4-6-14-7-11/h4-7,10,15H,3,8-9H2,1-2H3/t10-/m1/s1. The van der Waals surface area contributed by atoms with Gasteiger partial charge in [-0.25, -0.2) is 0 Å². The Balaban J connectivity index is 1.88. The topological polar surface area (TPSA) is 63.8 Å². The van der Waals surface area contributed by atoms with E-state index in [4.69, 9.17) is 4.52 Å². The van der Waals surface area contributed by atoms with Crippen molar-refractivity contribution in [2.45, 2.75) is 26.4 Å². The maximum atomic E-state index is 5.22. The van der Waals surface area contributed by atoms with Crippen molar-refractivity contribution in [2.24, 2.45) is 0 Å². The van der Waals surface area contributed by atoms with Gasteiger partial charge in [0, 0.05) is 29.8 Å². The van der Waals surface area contributed by atoms with Gasteiger partial charge in [-0.05, 0) is 24.8 Å². The van der Waals surface area contributed by atoms with Gasteiger partial charge in [0.1, 0.15) is 0 Å². The fourth-order valence-electron chi connectivity index (χ4n) is 1.55. The number of hydrogen-bond acceptors (Lipinski definition) is 6. The van der Waals surface area contributed by atoms with Crippen LogP contribution in [0.15, 0.2) is 29.0 Å². The van der Waals surface area contributed by atoms with E-state index in [1.54, 1.807) is 12.4 Å². The van der Waals surface area contributed by atoms with E-state index in [-0.39, 0.29) is 0 Å². The Labute approximate surface area is 117 Å². The SMILES string of the molecule is CCSC[C@@H](C)NCc1nc(-c2cccnc2)no1. The van der Waals surface area contributed by atoms with Crippen LogP contribution in [0.3, 0.4) is 0 Å². The summed E-state index contributed by atoms with van der Waals surface area (Å²) in [5.41, 5.74) is 0.868. The van der Waals surface area contributed by atoms with Crippen LogP contribution in [0.5, 0.6) is 0 Å². The van der Waals surface area contributed by atoms with Gasteiger partial charge in [-0.15, -0.1) is 0 Å². The number of pyridine rings is 1. The molecule has 19 heavy (non-hydrogen) atoms. The van der Waals surface area contributed by atoms with Gasteiger partial charge in [0.05, 0.1) is 6.54 Å². The van der Waals surface area contributed by atoms with Crippen LogP contribution in [0.2, 0.25) is 0 Å². The molecular weight excluding hydrogens is 260 g/mol. The average Bonchev–Trinajstić information content (AvgIpc) is 2.93. The second kappa shape index (κ2) is 7.25. The van der Waals surface area contributed by atoms with Crippen molar-refractivity contribution in [2.75, 3.05) is 11.5 Å². The van der Waals surface area contributed by atoms with E-state index in [1.807, 2.05) is 23.9 Å². The highest BCUT2D eigenvalue weighted by molar-refractivity contribution is 7.99. The molecule has 1 atom stereocenters. The highest BCUT2D eigenvalue weighted by Crippen LogP contribution is 2.13. The number of thioether (sulfide) groups is 1. The molecule has 102 valence electrons. The van der Waals surface area contributed by atoms with Crippen LogP contribution in [0.1, 0.15) is 19.7 Å². The highest BCUT2D eigenvalue weighted by atomic mass is 32.2. The summed E-state index contributed by atoms with van der Waals surface area (Å²) in [5.74, 6) is 3.41. The molecule has 0 spiro atoms. The lowest BCUT2D eigenvalue weighted by molar-refractivity contribution is 0.362. The van der Waals surface area contributed by atoms with Gasteiger partial charge in [0.25, 0.3) is 0 Å². The molecule has 0 radical (unpaired) electrons. The van der Waals surface area contributed by atoms with Crippen molar-refractivity contribution in [1.82, 2.24) is 20.4 Å². The predicted molar refractivity (Wildman–Crippen MR) is 76.8 cm³/mol. The molecule has 0 bridgehead atoms. The lowest BCUT2D eigenvalue weighted by Crippen LogP contribution is -2.27. The molecule has 5 nitrogen and oxygen atoms in total. The molecule has 2 rings (SSSR count). The van der Waals surface area contributed by atoms with E-state index in [2.05, 4.69) is 34.3 Å². The summed E-state index contributed by atoms with van der Waals surface area (Å²) in [6.45, 7) is 4.91. The van der Waals surface area contributed by atoms with Crippen molar-refractivity contribution in [3.8, 4) is 11.4 Å². The molecule has 0 saturated heterocycles. The highest BCUT2D eigenvalue weighted by Gasteiger charge is 2.09. The third kappa shape index (κ3) is 4.33. The third-order valence-electron chi connectivity index (χ3n) is 2.56. The molecule has 0 aliphatic rings. The molecule has 0 unspecified atom stereocenters. The summed E-state index contributed by atoms with van der Waals surface area (Å²) in [6.07, 6.45) is 3.45. The van der Waals surface area contributed by atoms with E-state index in [1.165, 1.54) is 0 Å². The summed E-state index contributed by atoms with van der Waals surface area (Å²) in [7, 11) is 0. The molecule has 6 heteroatoms. The van der Waals surface area contributed by atoms with Crippen LogP contribution in [0.4, 0.5) is 0 Å². The molecule has 0 aliphatic carbocycles. The Morgan fingerprint density at radius 2 is 2.37 bits per heavy atom. The Bertz CT molecular complexity index is 488. The van der Waals surface area contributed by atoms with Gasteiger partial charge in [0.15, 0.2) is 0 Å². The Morgan fingerprint density at radius 3 is 3.11 bits per heavy atom. The second-order valence-electron chi connectivity index (χ2n) is 4.19. The summed E-state index contributed by atoms with van der Waals surface area (Å²) in [4.78, 5) is 8.38. The predicted octanol–water partition coefficient (Wildman–Crippen LogP) is 2.36. The molecule has 2 aromatic rings. The van der Waals surface area contributed by atoms with Crippen LogP contribution in [-0.2, 0) is 6.54 Å². The summed E-state index contributed by atoms with van der Waals surface area (Å²) in [5, 5.41) is 7.32. The van der Waals surface area contributed by atoms with Gasteiger partial charge < -0.3 is 9.84 Å². The van der Waals surface area contributed by atoms with Crippen LogP contribution in [0.25, 0.3) is 11.4 Å². The van der Waals surface area contributed by atoms with Gasteiger partial charge in [-0.1, -0.05) is 12.1 Å². The number of aromatic nitrogens is 3. The van der Waals surface area contributed by atoms with Crippen molar-refractivity contribution >= 4 is 11.8 Å². The number of nitrogens with zero attached hydrogens (tertiary/aromatic N) is 3. The number of rotatable bonds is 7. The van der Waals surface area contributed by atoms with Crippen LogP contribution >= 0.6 is 11.8 Å². The van der Waals surface area contributed by atoms with Gasteiger partial charge in [-0.2, -0.15) is 16.7 Å². The molecular formula is C13H18N4OS. The molecule has 0 aliphatic heterocycles. The second-order valence-corrected chi connectivity index (χ2v) is 5.51. The van der Waals surface area contributed by atoms with Crippen LogP contribution in [0, 0.1) is 0 Å². The summed E-state index contributed by atoms with van der Waals surface area (Å²) >= 11 is 1.92. The van der Waals surface area contributed by atoms with E-state index in [0.717, 1.165) is 17.1 Å². The molecule has 0 amide bonds. The first-order valence-corrected chi connectivity index (χ1v) is 7.49. The van der Waals surface area contributed by atoms with Crippen molar-refractivity contribution in [3.63, 3.8) is 0 Å². The van der Waals surface area contributed by atoms with E-state index in [0.29, 0.717) is 24.3 Å². The van der Waals surface area contributed by atoms with Crippen LogP contribution < -0.4 is 5.32 Å². The number of nitrogens with one attached hydrogen (secondary N) is 1. The minimum absolute atomic E-state index is 0.429. The Kier molecular flexibility index (Phi) is 5.35. The molecule has 0 aromatic carbocycles. The number of hydrogen-bond donors (Lipinski definition) is 1. The quantitative estimate of drug-likeness (QED) is 0.839. The summed E-state index contributed by atoms with van der Waals surface area (Å²) in [6, 6.07) is 4.20. The monoisotopic (exact) mass is 278 g/mol. The maximum Gasteiger partial charge on any atom is 0.240 e. The molecule has 0 saturated carbocycles. The first-order chi connectivity index (χ1) is 9.29. The van der Waals surface area contributed by atoms with Gasteiger partial charge in [0.2, 0.25) is 11.7 Å². The van der Waals surface area contributed by atoms with Gasteiger partial charge in [-0.3, -0.25) is 4.98 Å². The smallest absolute Gasteiger partial charge is 0.240 e. The average molecular weight is 278 g/mol. The zero-order valence-electron chi connectivity index (χ0n) is 11.2. The minimum Gasteiger partial charge on any atom is -0.338 e. The third-order valence-corrected chi connectivity index (χ3v) is 3.71. The normalized spacial score (nSPS) is 12.5. The van der Waals surface area contributed by atoms with Crippen molar-refractivity contribution < 1.29 is 4.52 Å². The molecule has 0 fully saturated rings. The van der Waals surface area contributed by atoms with E-state index < -0.39 is 0 Å². The van der Waals surface area contributed by atoms with Crippen LogP contribution in [-0.4, -0.2) is 32.7 Å². The minimum atomic E-state index is 0.429. The van der Waals surface area contributed by atoms with Gasteiger partial charge >= 0.3 is 0 Å². The first-order valence-electron chi connectivity index (χ1n) is 6.33. The fourth-order valence-corrected chi connectivity index (χ4v) is 2.26. The largest absolute Gasteiger partial charge is 0.338 e. The molecule has 2 heterocycles. The molecule has 1 N–H and O–H groups in total. The van der Waals surface area contributed by atoms with Crippen molar-refractivity contribution in [1.29, 1.82) is 0 Å². The first kappa shape index (κ1) is 14.0. The fraction of sp³-hybridized carbons (Fsp3) is 0.462. The zero-order chi connectivity index (χ0) is 13.5. The Morgan fingerprint density at radius 1 is 1.47 bits per heavy atom. The van der Waals surface area contributed by atoms with E-state index >= 15 is 0 Å². The molecule has 2 aromatic heterocycles. The van der Waals surface area contributed by atoms with Crippen molar-refractivity contribution in [3.05, 3.63) is 30.4 Å². The van der Waals surface area contributed by atoms with E-state index in [9.17, 15) is 0 Å². The lowest BCUT2D eigenvalue weighted by Gasteiger charge is -2.10. The lowest BCUT2D eigenvalue weighted by atomic mass is 10.3. The maximum absolute atomic E-state index is 5.22.